The summed E-state index contributed by atoms with van der Waals surface area (Å²) in [7, 11) is 0. The smallest absolute Gasteiger partial charge is 0.357 e. The summed E-state index contributed by atoms with van der Waals surface area (Å²) in [5, 5.41) is 8.43. The molecule has 14 heavy (non-hydrogen) atoms. The van der Waals surface area contributed by atoms with E-state index >= 15 is 0 Å². The van der Waals surface area contributed by atoms with Crippen LogP contribution in [0.15, 0.2) is 6.20 Å². The number of nitrogens with zero attached hydrogens (tertiary/aromatic N) is 1. The Balaban J connectivity index is 3.33. The maximum absolute atomic E-state index is 13.1. The van der Waals surface area contributed by atoms with E-state index < -0.39 is 29.5 Å². The number of aromatic carboxylic acids is 1. The summed E-state index contributed by atoms with van der Waals surface area (Å²) in [5.74, 6) is -2.79. The van der Waals surface area contributed by atoms with Gasteiger partial charge in [0.1, 0.15) is 0 Å². The maximum atomic E-state index is 13.1. The third-order valence-electron chi connectivity index (χ3n) is 1.74. The van der Waals surface area contributed by atoms with Crippen LogP contribution in [0.2, 0.25) is 0 Å². The van der Waals surface area contributed by atoms with Crippen molar-refractivity contribution in [3.63, 3.8) is 0 Å². The van der Waals surface area contributed by atoms with Crippen molar-refractivity contribution in [2.24, 2.45) is 0 Å². The summed E-state index contributed by atoms with van der Waals surface area (Å²) in [6.07, 6.45) is -2.19. The number of aromatic nitrogens is 1. The maximum Gasteiger partial charge on any atom is 0.357 e. The van der Waals surface area contributed by atoms with Crippen molar-refractivity contribution >= 4 is 5.97 Å². The van der Waals surface area contributed by atoms with Crippen LogP contribution >= 0.6 is 0 Å². The van der Waals surface area contributed by atoms with Crippen LogP contribution in [-0.4, -0.2) is 16.1 Å². The Bertz CT molecular complexity index is 379. The Morgan fingerprint density at radius 3 is 2.57 bits per heavy atom. The molecule has 1 aromatic rings. The van der Waals surface area contributed by atoms with Crippen molar-refractivity contribution in [1.82, 2.24) is 4.98 Å². The summed E-state index contributed by atoms with van der Waals surface area (Å²) in [6.45, 7) is 1.09. The standard InChI is InChI=1S/C8H6F3NO2/c1-3-4(7(10)11)2-12-6(5(3)9)8(13)14/h2,7H,1H3,(H,13,14). The second-order valence-corrected chi connectivity index (χ2v) is 2.61. The molecule has 0 radical (unpaired) electrons. The molecule has 3 nitrogen and oxygen atoms in total. The SMILES string of the molecule is Cc1c(C(F)F)cnc(C(=O)O)c1F. The number of pyridine rings is 1. The van der Waals surface area contributed by atoms with Crippen LogP contribution in [0.4, 0.5) is 13.2 Å². The number of halogens is 3. The van der Waals surface area contributed by atoms with E-state index in [1.807, 2.05) is 0 Å². The molecule has 0 aromatic carbocycles. The van der Waals surface area contributed by atoms with Gasteiger partial charge < -0.3 is 5.11 Å². The van der Waals surface area contributed by atoms with E-state index in [0.717, 1.165) is 6.92 Å². The zero-order chi connectivity index (χ0) is 10.9. The molecule has 1 heterocycles. The minimum atomic E-state index is -2.86. The Labute approximate surface area is 77.2 Å². The fourth-order valence-electron chi connectivity index (χ4n) is 0.961. The van der Waals surface area contributed by atoms with Crippen molar-refractivity contribution < 1.29 is 23.1 Å². The highest BCUT2D eigenvalue weighted by Gasteiger charge is 2.20. The monoisotopic (exact) mass is 205 g/mol. The lowest BCUT2D eigenvalue weighted by molar-refractivity contribution is 0.0683. The van der Waals surface area contributed by atoms with Gasteiger partial charge in [-0.05, 0) is 12.5 Å². The van der Waals surface area contributed by atoms with E-state index in [4.69, 9.17) is 5.11 Å². The highest BCUT2D eigenvalue weighted by atomic mass is 19.3. The summed E-state index contributed by atoms with van der Waals surface area (Å²) < 4.78 is 37.5. The molecule has 0 saturated carbocycles. The van der Waals surface area contributed by atoms with Gasteiger partial charge in [-0.25, -0.2) is 22.9 Å². The first-order valence-electron chi connectivity index (χ1n) is 3.61. The fraction of sp³-hybridized carbons (Fsp3) is 0.250. The molecule has 0 amide bonds. The van der Waals surface area contributed by atoms with Crippen molar-refractivity contribution in [3.8, 4) is 0 Å². The highest BCUT2D eigenvalue weighted by Crippen LogP contribution is 2.24. The van der Waals surface area contributed by atoms with Crippen molar-refractivity contribution in [1.29, 1.82) is 0 Å². The van der Waals surface area contributed by atoms with E-state index in [-0.39, 0.29) is 5.56 Å². The first-order chi connectivity index (χ1) is 6.45. The van der Waals surface area contributed by atoms with Gasteiger partial charge in [-0.15, -0.1) is 0 Å². The van der Waals surface area contributed by atoms with Crippen LogP contribution < -0.4 is 0 Å². The number of carboxylic acids is 1. The zero-order valence-electron chi connectivity index (χ0n) is 7.09. The van der Waals surface area contributed by atoms with Crippen LogP contribution in [0.3, 0.4) is 0 Å². The molecule has 0 aliphatic heterocycles. The van der Waals surface area contributed by atoms with Gasteiger partial charge in [0.2, 0.25) is 0 Å². The summed E-state index contributed by atoms with van der Waals surface area (Å²) in [6, 6.07) is 0. The molecule has 0 bridgehead atoms. The third-order valence-corrected chi connectivity index (χ3v) is 1.74. The van der Waals surface area contributed by atoms with E-state index in [2.05, 4.69) is 4.98 Å². The van der Waals surface area contributed by atoms with Gasteiger partial charge in [-0.1, -0.05) is 0 Å². The Morgan fingerprint density at radius 1 is 1.57 bits per heavy atom. The van der Waals surface area contributed by atoms with Crippen molar-refractivity contribution in [2.75, 3.05) is 0 Å². The summed E-state index contributed by atoms with van der Waals surface area (Å²) in [4.78, 5) is 13.5. The topological polar surface area (TPSA) is 50.2 Å². The van der Waals surface area contributed by atoms with E-state index in [9.17, 15) is 18.0 Å². The molecule has 0 saturated heterocycles. The summed E-state index contributed by atoms with van der Waals surface area (Å²) in [5.41, 5.74) is -1.81. The fourth-order valence-corrected chi connectivity index (χ4v) is 0.961. The van der Waals surface area contributed by atoms with Gasteiger partial charge in [0, 0.05) is 11.8 Å². The molecule has 0 fully saturated rings. The predicted molar refractivity (Wildman–Crippen MR) is 40.8 cm³/mol. The number of carbonyl (C=O) groups is 1. The van der Waals surface area contributed by atoms with Crippen LogP contribution in [0.25, 0.3) is 0 Å². The molecular weight excluding hydrogens is 199 g/mol. The number of carboxylic acid groups (broad SMARTS) is 1. The van der Waals surface area contributed by atoms with E-state index in [1.165, 1.54) is 0 Å². The van der Waals surface area contributed by atoms with Crippen molar-refractivity contribution in [2.45, 2.75) is 13.3 Å². The number of rotatable bonds is 2. The Kier molecular flexibility index (Phi) is 2.73. The average Bonchev–Trinajstić information content (AvgIpc) is 2.08. The number of alkyl halides is 2. The Morgan fingerprint density at radius 2 is 2.14 bits per heavy atom. The number of hydrogen-bond donors (Lipinski definition) is 1. The molecule has 0 aliphatic carbocycles. The first kappa shape index (κ1) is 10.5. The second-order valence-electron chi connectivity index (χ2n) is 2.61. The molecular formula is C8H6F3NO2. The van der Waals surface area contributed by atoms with Crippen LogP contribution in [0.1, 0.15) is 28.0 Å². The average molecular weight is 205 g/mol. The van der Waals surface area contributed by atoms with Gasteiger partial charge in [-0.3, -0.25) is 0 Å². The molecule has 1 aromatic heterocycles. The van der Waals surface area contributed by atoms with Gasteiger partial charge in [0.05, 0.1) is 0 Å². The molecule has 1 N–H and O–H groups in total. The quantitative estimate of drug-likeness (QED) is 0.804. The van der Waals surface area contributed by atoms with Crippen LogP contribution in [-0.2, 0) is 0 Å². The lowest BCUT2D eigenvalue weighted by atomic mass is 10.1. The van der Waals surface area contributed by atoms with Gasteiger partial charge in [0.25, 0.3) is 6.43 Å². The normalized spacial score (nSPS) is 10.6. The predicted octanol–water partition coefficient (Wildman–Crippen LogP) is 2.16. The van der Waals surface area contributed by atoms with Crippen LogP contribution in [0, 0.1) is 12.7 Å². The molecule has 1 rings (SSSR count). The van der Waals surface area contributed by atoms with Gasteiger partial charge >= 0.3 is 5.97 Å². The van der Waals surface area contributed by atoms with Gasteiger partial charge in [0.15, 0.2) is 11.5 Å². The third kappa shape index (κ3) is 1.68. The van der Waals surface area contributed by atoms with Crippen LogP contribution in [0.5, 0.6) is 0 Å². The molecule has 0 aliphatic rings. The molecule has 0 spiro atoms. The van der Waals surface area contributed by atoms with Gasteiger partial charge in [-0.2, -0.15) is 0 Å². The lowest BCUT2D eigenvalue weighted by Crippen LogP contribution is -2.08. The molecule has 6 heteroatoms. The summed E-state index contributed by atoms with van der Waals surface area (Å²) >= 11 is 0. The molecule has 0 atom stereocenters. The molecule has 76 valence electrons. The van der Waals surface area contributed by atoms with E-state index in [1.54, 1.807) is 0 Å². The number of hydrogen-bond acceptors (Lipinski definition) is 2. The lowest BCUT2D eigenvalue weighted by Gasteiger charge is -2.06. The minimum absolute atomic E-state index is 0.382. The zero-order valence-corrected chi connectivity index (χ0v) is 7.09. The largest absolute Gasteiger partial charge is 0.476 e. The van der Waals surface area contributed by atoms with Crippen molar-refractivity contribution in [3.05, 3.63) is 28.8 Å². The first-order valence-corrected chi connectivity index (χ1v) is 3.61. The minimum Gasteiger partial charge on any atom is -0.476 e. The highest BCUT2D eigenvalue weighted by molar-refractivity contribution is 5.85. The van der Waals surface area contributed by atoms with E-state index in [0.29, 0.717) is 6.20 Å². The second kappa shape index (κ2) is 3.65. The Hall–Kier alpha value is -1.59. The molecule has 0 unspecified atom stereocenters.